The number of aromatic nitrogens is 3. The fourth-order valence-electron chi connectivity index (χ4n) is 5.83. The molecule has 162 valence electrons. The Morgan fingerprint density at radius 3 is 1.74 bits per heavy atom. The molecule has 1 aromatic heterocycles. The van der Waals surface area contributed by atoms with Crippen LogP contribution >= 0.6 is 0 Å². The van der Waals surface area contributed by atoms with E-state index in [4.69, 9.17) is 14.7 Å². The Labute approximate surface area is 198 Å². The third-order valence-corrected chi connectivity index (χ3v) is 6.97. The molecule has 0 fully saturated rings. The van der Waals surface area contributed by atoms with Gasteiger partial charge in [-0.3, -0.25) is 0 Å². The summed E-state index contributed by atoms with van der Waals surface area (Å²) in [5.74, 6) is 3.94. The van der Waals surface area contributed by atoms with Crippen LogP contribution in [0.3, 0.4) is 0 Å². The van der Waals surface area contributed by atoms with Gasteiger partial charge in [-0.2, -0.15) is 0 Å². The summed E-state index contributed by atoms with van der Waals surface area (Å²) in [6.07, 6.45) is 0. The van der Waals surface area contributed by atoms with Gasteiger partial charge >= 0.3 is 0 Å². The van der Waals surface area contributed by atoms with Crippen molar-refractivity contribution in [3.63, 3.8) is 0 Å². The number of para-hydroxylation sites is 2. The van der Waals surface area contributed by atoms with E-state index in [2.05, 4.69) is 83.8 Å². The van der Waals surface area contributed by atoms with Crippen LogP contribution in [0.1, 0.15) is 33.9 Å². The number of aryl methyl sites for hydroxylation is 2. The van der Waals surface area contributed by atoms with E-state index in [-0.39, 0.29) is 0 Å². The molecule has 0 N–H and O–H groups in total. The van der Waals surface area contributed by atoms with Gasteiger partial charge in [0.25, 0.3) is 0 Å². The maximum Gasteiger partial charge on any atom is 0.163 e. The predicted octanol–water partition coefficient (Wildman–Crippen LogP) is 6.62. The number of rotatable bonds is 1. The summed E-state index contributed by atoms with van der Waals surface area (Å²) >= 11 is 0. The van der Waals surface area contributed by atoms with Crippen molar-refractivity contribution in [2.45, 2.75) is 19.3 Å². The lowest BCUT2D eigenvalue weighted by Gasteiger charge is -2.39. The molecule has 5 aromatic rings. The highest BCUT2D eigenvalue weighted by atomic mass is 16.5. The highest BCUT2D eigenvalue weighted by Crippen LogP contribution is 2.63. The maximum absolute atomic E-state index is 6.41. The molecule has 0 saturated heterocycles. The Kier molecular flexibility index (Phi) is 3.86. The third kappa shape index (κ3) is 2.40. The van der Waals surface area contributed by atoms with Crippen molar-refractivity contribution in [2.24, 2.45) is 0 Å². The van der Waals surface area contributed by atoms with E-state index in [1.165, 1.54) is 22.3 Å². The van der Waals surface area contributed by atoms with E-state index in [1.54, 1.807) is 0 Å². The van der Waals surface area contributed by atoms with Crippen LogP contribution in [0, 0.1) is 13.8 Å². The molecule has 4 heteroatoms. The van der Waals surface area contributed by atoms with Gasteiger partial charge in [0.2, 0.25) is 0 Å². The Hall–Kier alpha value is -4.31. The minimum atomic E-state index is -0.482. The number of hydrogen-bond acceptors (Lipinski definition) is 4. The molecule has 0 unspecified atom stereocenters. The maximum atomic E-state index is 6.41. The predicted molar refractivity (Wildman–Crippen MR) is 132 cm³/mol. The first-order chi connectivity index (χ1) is 16.7. The van der Waals surface area contributed by atoms with Crippen molar-refractivity contribution >= 4 is 0 Å². The van der Waals surface area contributed by atoms with E-state index in [0.717, 1.165) is 39.8 Å². The van der Waals surface area contributed by atoms with Crippen LogP contribution in [0.5, 0.6) is 11.5 Å². The van der Waals surface area contributed by atoms with E-state index < -0.39 is 5.41 Å². The van der Waals surface area contributed by atoms with Crippen molar-refractivity contribution in [3.05, 3.63) is 125 Å². The van der Waals surface area contributed by atoms with Gasteiger partial charge in [-0.25, -0.2) is 15.0 Å². The Morgan fingerprint density at radius 1 is 0.529 bits per heavy atom. The van der Waals surface area contributed by atoms with Gasteiger partial charge in [0.1, 0.15) is 23.1 Å². The molecule has 7 rings (SSSR count). The van der Waals surface area contributed by atoms with Gasteiger partial charge in [-0.15, -0.1) is 0 Å². The average Bonchev–Trinajstić information content (AvgIpc) is 3.15. The molecule has 0 radical (unpaired) electrons. The number of fused-ring (bicyclic) bond motifs is 9. The molecule has 2 aliphatic rings. The molecule has 0 saturated carbocycles. The summed E-state index contributed by atoms with van der Waals surface area (Å²) in [5, 5.41) is 0. The van der Waals surface area contributed by atoms with E-state index in [0.29, 0.717) is 5.82 Å². The largest absolute Gasteiger partial charge is 0.457 e. The normalized spacial score (nSPS) is 14.1. The van der Waals surface area contributed by atoms with Crippen molar-refractivity contribution in [2.75, 3.05) is 0 Å². The monoisotopic (exact) mass is 439 g/mol. The molecule has 2 heterocycles. The van der Waals surface area contributed by atoms with E-state index in [9.17, 15) is 0 Å². The van der Waals surface area contributed by atoms with Crippen LogP contribution < -0.4 is 4.74 Å². The number of nitrogens with zero attached hydrogens (tertiary/aromatic N) is 3. The molecule has 1 spiro atoms. The summed E-state index contributed by atoms with van der Waals surface area (Å²) in [6, 6.07) is 32.0. The van der Waals surface area contributed by atoms with Crippen LogP contribution in [-0.2, 0) is 5.41 Å². The molecule has 1 aliphatic heterocycles. The van der Waals surface area contributed by atoms with Gasteiger partial charge < -0.3 is 4.74 Å². The van der Waals surface area contributed by atoms with Crippen LogP contribution in [0.2, 0.25) is 0 Å². The van der Waals surface area contributed by atoms with Crippen LogP contribution in [-0.4, -0.2) is 15.0 Å². The van der Waals surface area contributed by atoms with Crippen molar-refractivity contribution in [1.82, 2.24) is 15.0 Å². The quantitative estimate of drug-likeness (QED) is 0.288. The molecule has 0 atom stereocenters. The highest BCUT2D eigenvalue weighted by molar-refractivity contribution is 5.95. The molecular weight excluding hydrogens is 418 g/mol. The van der Waals surface area contributed by atoms with Gasteiger partial charge in [-0.1, -0.05) is 78.9 Å². The highest BCUT2D eigenvalue weighted by Gasteiger charge is 2.51. The molecular formula is C30H21N3O. The lowest BCUT2D eigenvalue weighted by molar-refractivity contribution is 0.436. The number of hydrogen-bond donors (Lipinski definition) is 0. The van der Waals surface area contributed by atoms with Gasteiger partial charge in [0.15, 0.2) is 5.82 Å². The summed E-state index contributed by atoms with van der Waals surface area (Å²) in [4.78, 5) is 13.9. The number of ether oxygens (including phenoxy) is 1. The first kappa shape index (κ1) is 19.2. The number of benzene rings is 4. The Bertz CT molecular complexity index is 1560. The lowest BCUT2D eigenvalue weighted by Crippen LogP contribution is -2.32. The van der Waals surface area contributed by atoms with Crippen molar-refractivity contribution < 1.29 is 4.74 Å². The standard InChI is InChI=1S/C30H21N3O/c1-18-31-19(2)33-29(32-18)21-11-9-15-25-28(21)20-10-3-4-12-22(20)30(25)23-13-5-7-16-26(23)34-27-17-8-6-14-24(27)30/h3-17H,1-2H3. The summed E-state index contributed by atoms with van der Waals surface area (Å²) in [5.41, 5.74) is 7.71. The molecule has 4 aromatic carbocycles. The molecule has 0 amide bonds. The molecule has 0 bridgehead atoms. The molecule has 1 aliphatic carbocycles. The van der Waals surface area contributed by atoms with Crippen LogP contribution in [0.25, 0.3) is 22.5 Å². The molecule has 4 nitrogen and oxygen atoms in total. The zero-order valence-corrected chi connectivity index (χ0v) is 18.9. The van der Waals surface area contributed by atoms with E-state index in [1.807, 2.05) is 26.0 Å². The van der Waals surface area contributed by atoms with Gasteiger partial charge in [0.05, 0.1) is 5.41 Å². The SMILES string of the molecule is Cc1nc(C)nc(-c2cccc3c2-c2ccccc2C32c3ccccc3Oc3ccccc32)n1. The summed E-state index contributed by atoms with van der Waals surface area (Å²) in [6.45, 7) is 3.84. The van der Waals surface area contributed by atoms with Gasteiger partial charge in [-0.05, 0) is 48.2 Å². The van der Waals surface area contributed by atoms with Crippen molar-refractivity contribution in [3.8, 4) is 34.0 Å². The average molecular weight is 440 g/mol. The smallest absolute Gasteiger partial charge is 0.163 e. The van der Waals surface area contributed by atoms with Crippen LogP contribution in [0.15, 0.2) is 91.0 Å². The second kappa shape index (κ2) is 6.84. The third-order valence-electron chi connectivity index (χ3n) is 6.97. The fraction of sp³-hybridized carbons (Fsp3) is 0.100. The first-order valence-corrected chi connectivity index (χ1v) is 11.5. The Morgan fingerprint density at radius 2 is 1.06 bits per heavy atom. The van der Waals surface area contributed by atoms with Crippen molar-refractivity contribution in [1.29, 1.82) is 0 Å². The fourth-order valence-corrected chi connectivity index (χ4v) is 5.83. The zero-order chi connectivity index (χ0) is 22.9. The second-order valence-electron chi connectivity index (χ2n) is 8.87. The van der Waals surface area contributed by atoms with Crippen LogP contribution in [0.4, 0.5) is 0 Å². The summed E-state index contributed by atoms with van der Waals surface area (Å²) < 4.78 is 6.41. The first-order valence-electron chi connectivity index (χ1n) is 11.5. The molecule has 34 heavy (non-hydrogen) atoms. The zero-order valence-electron chi connectivity index (χ0n) is 18.9. The minimum absolute atomic E-state index is 0.482. The van der Waals surface area contributed by atoms with Gasteiger partial charge in [0, 0.05) is 16.7 Å². The topological polar surface area (TPSA) is 47.9 Å². The lowest BCUT2D eigenvalue weighted by atomic mass is 9.66. The Balaban J connectivity index is 1.66. The minimum Gasteiger partial charge on any atom is -0.457 e. The second-order valence-corrected chi connectivity index (χ2v) is 8.87. The van der Waals surface area contributed by atoms with E-state index >= 15 is 0 Å². The summed E-state index contributed by atoms with van der Waals surface area (Å²) in [7, 11) is 0.